The molecule has 2 N–H and O–H groups in total. The Bertz CT molecular complexity index is 140. The van der Waals surface area contributed by atoms with Crippen LogP contribution < -0.4 is 5.73 Å². The summed E-state index contributed by atoms with van der Waals surface area (Å²) in [5.74, 6) is 0. The molecule has 0 aromatic carbocycles. The predicted octanol–water partition coefficient (Wildman–Crippen LogP) is 0.429. The fourth-order valence-electron chi connectivity index (χ4n) is 2.41. The normalized spacial score (nSPS) is 38.4. The first-order valence-electron chi connectivity index (χ1n) is 4.17. The largest absolute Gasteiger partial charge is 0.326 e. The van der Waals surface area contributed by atoms with E-state index < -0.39 is 0 Å². The zero-order valence-corrected chi connectivity index (χ0v) is 6.64. The molecule has 2 aliphatic rings. The third-order valence-electron chi connectivity index (χ3n) is 3.23. The van der Waals surface area contributed by atoms with Crippen LogP contribution in [-0.2, 0) is 0 Å². The van der Waals surface area contributed by atoms with Gasteiger partial charge >= 0.3 is 0 Å². The number of likely N-dealkylation sites (N-methyl/N-ethyl adjacent to an activating group) is 1. The molecule has 0 aromatic heterocycles. The Labute approximate surface area is 62.4 Å². The molecule has 0 aromatic rings. The van der Waals surface area contributed by atoms with Crippen LogP contribution in [0.1, 0.15) is 19.3 Å². The summed E-state index contributed by atoms with van der Waals surface area (Å²) in [6.45, 7) is 2.36. The molecule has 1 spiro atoms. The van der Waals surface area contributed by atoms with Gasteiger partial charge in [-0.1, -0.05) is 6.42 Å². The zero-order chi connectivity index (χ0) is 7.19. The second-order valence-corrected chi connectivity index (χ2v) is 4.02. The first-order chi connectivity index (χ1) is 4.73. The van der Waals surface area contributed by atoms with Crippen molar-refractivity contribution in [3.05, 3.63) is 0 Å². The quantitative estimate of drug-likeness (QED) is 0.528. The molecule has 2 rings (SSSR count). The van der Waals surface area contributed by atoms with Gasteiger partial charge in [0.25, 0.3) is 0 Å². The first-order valence-corrected chi connectivity index (χ1v) is 4.17. The summed E-state index contributed by atoms with van der Waals surface area (Å²) >= 11 is 0. The SMILES string of the molecule is CN1C[C@@H](N)C2(CCC2)C1. The smallest absolute Gasteiger partial charge is 0.0237 e. The van der Waals surface area contributed by atoms with E-state index in [9.17, 15) is 0 Å². The van der Waals surface area contributed by atoms with E-state index in [4.69, 9.17) is 5.73 Å². The molecule has 0 bridgehead atoms. The Balaban J connectivity index is 2.08. The summed E-state index contributed by atoms with van der Waals surface area (Å²) in [5, 5.41) is 0. The Morgan fingerprint density at radius 3 is 2.40 bits per heavy atom. The molecule has 1 saturated carbocycles. The van der Waals surface area contributed by atoms with Crippen LogP contribution >= 0.6 is 0 Å². The maximum Gasteiger partial charge on any atom is 0.0237 e. The van der Waals surface area contributed by atoms with E-state index in [0.29, 0.717) is 11.5 Å². The van der Waals surface area contributed by atoms with Crippen molar-refractivity contribution in [2.45, 2.75) is 25.3 Å². The minimum absolute atomic E-state index is 0.464. The van der Waals surface area contributed by atoms with Gasteiger partial charge in [0.05, 0.1) is 0 Å². The van der Waals surface area contributed by atoms with Gasteiger partial charge in [0.1, 0.15) is 0 Å². The molecule has 2 fully saturated rings. The molecule has 0 unspecified atom stereocenters. The van der Waals surface area contributed by atoms with Crippen molar-refractivity contribution >= 4 is 0 Å². The van der Waals surface area contributed by atoms with Gasteiger partial charge in [-0.25, -0.2) is 0 Å². The Hall–Kier alpha value is -0.0800. The zero-order valence-electron chi connectivity index (χ0n) is 6.64. The van der Waals surface area contributed by atoms with Crippen molar-refractivity contribution in [1.82, 2.24) is 4.90 Å². The topological polar surface area (TPSA) is 29.3 Å². The van der Waals surface area contributed by atoms with Crippen LogP contribution in [0.25, 0.3) is 0 Å². The highest BCUT2D eigenvalue weighted by Crippen LogP contribution is 2.46. The maximum absolute atomic E-state index is 6.02. The number of hydrogen-bond acceptors (Lipinski definition) is 2. The molecule has 1 aliphatic heterocycles. The molecule has 2 nitrogen and oxygen atoms in total. The van der Waals surface area contributed by atoms with E-state index in [1.165, 1.54) is 25.8 Å². The van der Waals surface area contributed by atoms with E-state index in [1.54, 1.807) is 0 Å². The maximum atomic E-state index is 6.02. The van der Waals surface area contributed by atoms with Crippen molar-refractivity contribution in [2.75, 3.05) is 20.1 Å². The number of rotatable bonds is 0. The van der Waals surface area contributed by atoms with Gasteiger partial charge in [-0.2, -0.15) is 0 Å². The number of nitrogens with two attached hydrogens (primary N) is 1. The van der Waals surface area contributed by atoms with E-state index >= 15 is 0 Å². The lowest BCUT2D eigenvalue weighted by Gasteiger charge is -2.41. The highest BCUT2D eigenvalue weighted by atomic mass is 15.2. The monoisotopic (exact) mass is 140 g/mol. The molecule has 1 aliphatic carbocycles. The van der Waals surface area contributed by atoms with Crippen molar-refractivity contribution in [1.29, 1.82) is 0 Å². The van der Waals surface area contributed by atoms with Gasteiger partial charge < -0.3 is 10.6 Å². The van der Waals surface area contributed by atoms with Crippen molar-refractivity contribution in [2.24, 2.45) is 11.1 Å². The summed E-state index contributed by atoms with van der Waals surface area (Å²) < 4.78 is 0. The average molecular weight is 140 g/mol. The van der Waals surface area contributed by atoms with Crippen LogP contribution in [0.2, 0.25) is 0 Å². The summed E-state index contributed by atoms with van der Waals surface area (Å²) in [6, 6.07) is 0.464. The number of likely N-dealkylation sites (tertiary alicyclic amines) is 1. The van der Waals surface area contributed by atoms with Crippen molar-refractivity contribution in [3.8, 4) is 0 Å². The Kier molecular flexibility index (Phi) is 1.29. The standard InChI is InChI=1S/C8H16N2/c1-10-5-7(9)8(6-10)3-2-4-8/h7H,2-6,9H2,1H3/t7-/m1/s1. The molecule has 1 heterocycles. The molecule has 58 valence electrons. The van der Waals surface area contributed by atoms with Crippen molar-refractivity contribution in [3.63, 3.8) is 0 Å². The highest BCUT2D eigenvalue weighted by Gasteiger charge is 2.47. The predicted molar refractivity (Wildman–Crippen MR) is 41.8 cm³/mol. The molecule has 1 saturated heterocycles. The Morgan fingerprint density at radius 2 is 2.20 bits per heavy atom. The third kappa shape index (κ3) is 0.722. The first kappa shape index (κ1) is 6.62. The lowest BCUT2D eigenvalue weighted by atomic mass is 9.66. The van der Waals surface area contributed by atoms with Gasteiger partial charge in [0.2, 0.25) is 0 Å². The Morgan fingerprint density at radius 1 is 1.50 bits per heavy atom. The fourth-order valence-corrected chi connectivity index (χ4v) is 2.41. The molecule has 0 radical (unpaired) electrons. The summed E-state index contributed by atoms with van der Waals surface area (Å²) in [7, 11) is 2.17. The van der Waals surface area contributed by atoms with Gasteiger partial charge in [-0.15, -0.1) is 0 Å². The molecular weight excluding hydrogens is 124 g/mol. The fraction of sp³-hybridized carbons (Fsp3) is 1.00. The van der Waals surface area contributed by atoms with Crippen molar-refractivity contribution < 1.29 is 0 Å². The van der Waals surface area contributed by atoms with E-state index in [2.05, 4.69) is 11.9 Å². The van der Waals surface area contributed by atoms with Gasteiger partial charge in [-0.3, -0.25) is 0 Å². The average Bonchev–Trinajstić information content (AvgIpc) is 2.04. The van der Waals surface area contributed by atoms with Crippen LogP contribution in [0.3, 0.4) is 0 Å². The van der Waals surface area contributed by atoms with Crippen LogP contribution in [0.4, 0.5) is 0 Å². The number of nitrogens with zero attached hydrogens (tertiary/aromatic N) is 1. The second-order valence-electron chi connectivity index (χ2n) is 4.02. The second kappa shape index (κ2) is 1.95. The summed E-state index contributed by atoms with van der Waals surface area (Å²) in [5.41, 5.74) is 6.57. The van der Waals surface area contributed by atoms with Gasteiger partial charge in [0.15, 0.2) is 0 Å². The minimum atomic E-state index is 0.464. The van der Waals surface area contributed by atoms with Gasteiger partial charge in [-0.05, 0) is 25.3 Å². The van der Waals surface area contributed by atoms with Crippen LogP contribution in [0, 0.1) is 5.41 Å². The van der Waals surface area contributed by atoms with Gasteiger partial charge in [0, 0.05) is 19.1 Å². The van der Waals surface area contributed by atoms with Crippen LogP contribution in [0.15, 0.2) is 0 Å². The third-order valence-corrected chi connectivity index (χ3v) is 3.23. The summed E-state index contributed by atoms with van der Waals surface area (Å²) in [6.07, 6.45) is 4.15. The highest BCUT2D eigenvalue weighted by molar-refractivity contribution is 5.03. The van der Waals surface area contributed by atoms with E-state index in [-0.39, 0.29) is 0 Å². The molecular formula is C8H16N2. The minimum Gasteiger partial charge on any atom is -0.326 e. The molecule has 10 heavy (non-hydrogen) atoms. The van der Waals surface area contributed by atoms with E-state index in [0.717, 1.165) is 6.54 Å². The molecule has 2 heteroatoms. The molecule has 1 atom stereocenters. The van der Waals surface area contributed by atoms with Crippen LogP contribution in [0.5, 0.6) is 0 Å². The summed E-state index contributed by atoms with van der Waals surface area (Å²) in [4.78, 5) is 2.36. The lowest BCUT2D eigenvalue weighted by molar-refractivity contribution is 0.127. The molecule has 0 amide bonds. The number of hydrogen-bond donors (Lipinski definition) is 1. The lowest BCUT2D eigenvalue weighted by Crippen LogP contribution is -2.45. The van der Waals surface area contributed by atoms with Crippen LogP contribution in [-0.4, -0.2) is 31.1 Å². The van der Waals surface area contributed by atoms with E-state index in [1.807, 2.05) is 0 Å².